The van der Waals surface area contributed by atoms with Gasteiger partial charge in [-0.25, -0.2) is 0 Å². The molecule has 1 fully saturated rings. The van der Waals surface area contributed by atoms with Crippen LogP contribution in [0.5, 0.6) is 0 Å². The van der Waals surface area contributed by atoms with Crippen LogP contribution in [0.25, 0.3) is 5.69 Å². The summed E-state index contributed by atoms with van der Waals surface area (Å²) in [4.78, 5) is 24.4. The highest BCUT2D eigenvalue weighted by atomic mass is 16.2. The van der Waals surface area contributed by atoms with Crippen LogP contribution in [0.2, 0.25) is 0 Å². The molecule has 120 valence electrons. The number of nitrogens with one attached hydrogen (secondary N) is 2. The second kappa shape index (κ2) is 6.75. The molecule has 1 aliphatic heterocycles. The number of aromatic nitrogens is 2. The van der Waals surface area contributed by atoms with Gasteiger partial charge < -0.3 is 10.6 Å². The van der Waals surface area contributed by atoms with Gasteiger partial charge in [0.25, 0.3) is 11.5 Å². The average molecular weight is 312 g/mol. The largest absolute Gasteiger partial charge is 0.346 e. The Bertz CT molecular complexity index is 742. The maximum atomic E-state index is 12.4. The molecule has 6 heteroatoms. The summed E-state index contributed by atoms with van der Waals surface area (Å²) >= 11 is 0. The second-order valence-electron chi connectivity index (χ2n) is 5.77. The quantitative estimate of drug-likeness (QED) is 0.890. The fourth-order valence-electron chi connectivity index (χ4n) is 2.77. The standard InChI is InChI=1S/C17H20N4O2/c1-12-14(8-5-11-18-12)19-17(23)15-9-10-16(22)21(20-15)13-6-3-2-4-7-13/h2-4,6-7,9-10,12,14,18H,5,8,11H2,1H3,(H,19,23). The minimum Gasteiger partial charge on any atom is -0.346 e. The zero-order chi connectivity index (χ0) is 16.2. The maximum absolute atomic E-state index is 12.4. The number of carbonyl (C=O) groups is 1. The van der Waals surface area contributed by atoms with Crippen LogP contribution in [0.1, 0.15) is 30.3 Å². The fourth-order valence-corrected chi connectivity index (χ4v) is 2.77. The van der Waals surface area contributed by atoms with E-state index in [0.29, 0.717) is 5.69 Å². The smallest absolute Gasteiger partial charge is 0.272 e. The molecule has 2 unspecified atom stereocenters. The van der Waals surface area contributed by atoms with Crippen molar-refractivity contribution in [2.24, 2.45) is 0 Å². The average Bonchev–Trinajstić information content (AvgIpc) is 2.58. The molecule has 2 heterocycles. The zero-order valence-electron chi connectivity index (χ0n) is 13.0. The number of nitrogens with zero attached hydrogens (tertiary/aromatic N) is 2. The first kappa shape index (κ1) is 15.4. The zero-order valence-corrected chi connectivity index (χ0v) is 13.0. The van der Waals surface area contributed by atoms with Gasteiger partial charge in [0.05, 0.1) is 5.69 Å². The highest BCUT2D eigenvalue weighted by Crippen LogP contribution is 2.09. The third-order valence-electron chi connectivity index (χ3n) is 4.11. The molecule has 2 aromatic rings. The normalized spacial score (nSPS) is 20.9. The first-order valence-corrected chi connectivity index (χ1v) is 7.85. The SMILES string of the molecule is CC1NCCCC1NC(=O)c1ccc(=O)n(-c2ccccc2)n1. The summed E-state index contributed by atoms with van der Waals surface area (Å²) in [5.74, 6) is -0.254. The van der Waals surface area contributed by atoms with Gasteiger partial charge in [0.2, 0.25) is 0 Å². The predicted molar refractivity (Wildman–Crippen MR) is 87.8 cm³/mol. The van der Waals surface area contributed by atoms with Crippen LogP contribution in [0.4, 0.5) is 0 Å². The summed E-state index contributed by atoms with van der Waals surface area (Å²) in [6.07, 6.45) is 1.98. The van der Waals surface area contributed by atoms with E-state index in [9.17, 15) is 9.59 Å². The van der Waals surface area contributed by atoms with E-state index in [1.54, 1.807) is 12.1 Å². The molecule has 1 amide bonds. The summed E-state index contributed by atoms with van der Waals surface area (Å²) in [7, 11) is 0. The van der Waals surface area contributed by atoms with Crippen molar-refractivity contribution in [1.29, 1.82) is 0 Å². The van der Waals surface area contributed by atoms with Gasteiger partial charge in [0, 0.05) is 18.2 Å². The molecule has 0 aliphatic carbocycles. The molecule has 3 rings (SSSR count). The predicted octanol–water partition coefficient (Wildman–Crippen LogP) is 1.10. The van der Waals surface area contributed by atoms with Crippen LogP contribution >= 0.6 is 0 Å². The van der Waals surface area contributed by atoms with Crippen molar-refractivity contribution < 1.29 is 4.79 Å². The molecule has 1 aliphatic rings. The van der Waals surface area contributed by atoms with Crippen molar-refractivity contribution in [2.75, 3.05) is 6.54 Å². The van der Waals surface area contributed by atoms with Gasteiger partial charge in [-0.15, -0.1) is 0 Å². The molecule has 2 atom stereocenters. The molecule has 1 saturated heterocycles. The summed E-state index contributed by atoms with van der Waals surface area (Å²) in [6, 6.07) is 12.2. The van der Waals surface area contributed by atoms with Gasteiger partial charge in [-0.1, -0.05) is 18.2 Å². The topological polar surface area (TPSA) is 76.0 Å². The molecule has 6 nitrogen and oxygen atoms in total. The monoisotopic (exact) mass is 312 g/mol. The van der Waals surface area contributed by atoms with E-state index in [1.807, 2.05) is 18.2 Å². The van der Waals surface area contributed by atoms with Crippen LogP contribution < -0.4 is 16.2 Å². The number of benzene rings is 1. The lowest BCUT2D eigenvalue weighted by Crippen LogP contribution is -2.52. The third-order valence-corrected chi connectivity index (χ3v) is 4.11. The number of piperidine rings is 1. The summed E-state index contributed by atoms with van der Waals surface area (Å²) in [5.41, 5.74) is 0.617. The third kappa shape index (κ3) is 3.48. The van der Waals surface area contributed by atoms with E-state index < -0.39 is 0 Å². The van der Waals surface area contributed by atoms with Crippen LogP contribution in [-0.4, -0.2) is 34.3 Å². The second-order valence-corrected chi connectivity index (χ2v) is 5.77. The minimum atomic E-state index is -0.263. The summed E-state index contributed by atoms with van der Waals surface area (Å²) in [6.45, 7) is 3.03. The van der Waals surface area contributed by atoms with E-state index >= 15 is 0 Å². The van der Waals surface area contributed by atoms with Gasteiger partial charge in [0.15, 0.2) is 0 Å². The van der Waals surface area contributed by atoms with Crippen LogP contribution in [0, 0.1) is 0 Å². The van der Waals surface area contributed by atoms with E-state index in [0.717, 1.165) is 19.4 Å². The Morgan fingerprint density at radius 1 is 1.26 bits per heavy atom. The number of hydrogen-bond donors (Lipinski definition) is 2. The number of carbonyl (C=O) groups excluding carboxylic acids is 1. The van der Waals surface area contributed by atoms with Crippen molar-refractivity contribution in [3.8, 4) is 5.69 Å². The highest BCUT2D eigenvalue weighted by Gasteiger charge is 2.23. The molecule has 0 radical (unpaired) electrons. The number of rotatable bonds is 3. The van der Waals surface area contributed by atoms with E-state index in [4.69, 9.17) is 0 Å². The van der Waals surface area contributed by atoms with Gasteiger partial charge in [-0.2, -0.15) is 9.78 Å². The summed E-state index contributed by atoms with van der Waals surface area (Å²) < 4.78 is 1.25. The van der Waals surface area contributed by atoms with Crippen molar-refractivity contribution in [2.45, 2.75) is 31.8 Å². The van der Waals surface area contributed by atoms with Crippen LogP contribution in [-0.2, 0) is 0 Å². The Hall–Kier alpha value is -2.47. The van der Waals surface area contributed by atoms with Gasteiger partial charge >= 0.3 is 0 Å². The molecular weight excluding hydrogens is 292 g/mol. The molecule has 0 saturated carbocycles. The van der Waals surface area contributed by atoms with Gasteiger partial charge in [0.1, 0.15) is 5.69 Å². The molecule has 0 spiro atoms. The van der Waals surface area contributed by atoms with E-state index in [-0.39, 0.29) is 29.2 Å². The minimum absolute atomic E-state index is 0.0788. The molecule has 1 aromatic carbocycles. The van der Waals surface area contributed by atoms with Crippen LogP contribution in [0.3, 0.4) is 0 Å². The Morgan fingerprint density at radius 3 is 2.78 bits per heavy atom. The molecule has 0 bridgehead atoms. The van der Waals surface area contributed by atoms with E-state index in [1.165, 1.54) is 16.8 Å². The fraction of sp³-hybridized carbons (Fsp3) is 0.353. The van der Waals surface area contributed by atoms with Gasteiger partial charge in [-0.05, 0) is 44.5 Å². The Kier molecular flexibility index (Phi) is 4.52. The molecular formula is C17H20N4O2. The Morgan fingerprint density at radius 2 is 2.04 bits per heavy atom. The number of para-hydroxylation sites is 1. The molecule has 23 heavy (non-hydrogen) atoms. The number of amides is 1. The molecule has 1 aromatic heterocycles. The van der Waals surface area contributed by atoms with Crippen molar-refractivity contribution in [3.63, 3.8) is 0 Å². The van der Waals surface area contributed by atoms with E-state index in [2.05, 4.69) is 22.7 Å². The van der Waals surface area contributed by atoms with Crippen molar-refractivity contribution >= 4 is 5.91 Å². The van der Waals surface area contributed by atoms with Crippen LogP contribution in [0.15, 0.2) is 47.3 Å². The first-order valence-electron chi connectivity index (χ1n) is 7.85. The summed E-state index contributed by atoms with van der Waals surface area (Å²) in [5, 5.41) is 10.6. The Balaban J connectivity index is 1.83. The van der Waals surface area contributed by atoms with Crippen molar-refractivity contribution in [1.82, 2.24) is 20.4 Å². The number of hydrogen-bond acceptors (Lipinski definition) is 4. The highest BCUT2D eigenvalue weighted by molar-refractivity contribution is 5.92. The lowest BCUT2D eigenvalue weighted by Gasteiger charge is -2.30. The lowest BCUT2D eigenvalue weighted by molar-refractivity contribution is 0.0913. The maximum Gasteiger partial charge on any atom is 0.272 e. The molecule has 2 N–H and O–H groups in total. The van der Waals surface area contributed by atoms with Gasteiger partial charge in [-0.3, -0.25) is 9.59 Å². The van der Waals surface area contributed by atoms with Crippen molar-refractivity contribution in [3.05, 3.63) is 58.5 Å². The first-order chi connectivity index (χ1) is 11.1. The Labute approximate surface area is 134 Å². The lowest BCUT2D eigenvalue weighted by atomic mass is 10.00.